The minimum Gasteiger partial charge on any atom is -0.490 e. The van der Waals surface area contributed by atoms with Gasteiger partial charge in [0.05, 0.1) is 19.3 Å². The second-order valence-corrected chi connectivity index (χ2v) is 6.23. The fraction of sp³-hybridized carbons (Fsp3) is 0.526. The van der Waals surface area contributed by atoms with Crippen LogP contribution in [-0.4, -0.2) is 51.9 Å². The first kappa shape index (κ1) is 18.2. The van der Waals surface area contributed by atoms with Crippen molar-refractivity contribution in [3.8, 4) is 11.5 Å². The van der Waals surface area contributed by atoms with E-state index in [1.54, 1.807) is 18.5 Å². The number of hydrogen-bond acceptors (Lipinski definition) is 5. The molecule has 140 valence electrons. The molecule has 1 fully saturated rings. The number of benzene rings is 1. The van der Waals surface area contributed by atoms with E-state index in [9.17, 15) is 4.79 Å². The Balaban J connectivity index is 1.74. The Morgan fingerprint density at radius 2 is 1.96 bits per heavy atom. The maximum atomic E-state index is 12.9. The molecule has 0 saturated carbocycles. The molecule has 1 aliphatic rings. The zero-order valence-electron chi connectivity index (χ0n) is 15.6. The van der Waals surface area contributed by atoms with Crippen molar-refractivity contribution in [1.29, 1.82) is 0 Å². The van der Waals surface area contributed by atoms with E-state index in [0.29, 0.717) is 36.8 Å². The molecule has 0 unspecified atom stereocenters. The Morgan fingerprint density at radius 1 is 1.19 bits per heavy atom. The van der Waals surface area contributed by atoms with E-state index in [0.717, 1.165) is 25.2 Å². The molecule has 26 heavy (non-hydrogen) atoms. The van der Waals surface area contributed by atoms with E-state index in [1.807, 2.05) is 24.8 Å². The van der Waals surface area contributed by atoms with Gasteiger partial charge in [0, 0.05) is 25.1 Å². The third-order valence-electron chi connectivity index (χ3n) is 4.60. The number of carbonyl (C=O) groups excluding carboxylic acids is 1. The van der Waals surface area contributed by atoms with Crippen molar-refractivity contribution in [3.63, 3.8) is 0 Å². The first-order chi connectivity index (χ1) is 12.7. The Labute approximate surface area is 153 Å². The number of rotatable bonds is 7. The number of aryl methyl sites for hydroxylation is 1. The molecule has 1 aliphatic heterocycles. The van der Waals surface area contributed by atoms with Gasteiger partial charge < -0.3 is 18.9 Å². The van der Waals surface area contributed by atoms with Crippen LogP contribution in [0, 0.1) is 0 Å². The summed E-state index contributed by atoms with van der Waals surface area (Å²) in [6.07, 6.45) is 3.51. The normalized spacial score (nSPS) is 16.7. The van der Waals surface area contributed by atoms with E-state index >= 15 is 0 Å². The number of amides is 1. The van der Waals surface area contributed by atoms with E-state index in [-0.39, 0.29) is 11.9 Å². The number of likely N-dealkylation sites (tertiary alicyclic amines) is 1. The molecule has 7 heteroatoms. The van der Waals surface area contributed by atoms with Crippen molar-refractivity contribution in [2.75, 3.05) is 26.3 Å². The third kappa shape index (κ3) is 3.66. The average Bonchev–Trinajstić information content (AvgIpc) is 3.31. The molecule has 0 N–H and O–H groups in total. The summed E-state index contributed by atoms with van der Waals surface area (Å²) in [5, 5.41) is 8.15. The van der Waals surface area contributed by atoms with E-state index < -0.39 is 0 Å². The first-order valence-corrected chi connectivity index (χ1v) is 9.25. The van der Waals surface area contributed by atoms with Crippen molar-refractivity contribution in [3.05, 3.63) is 35.9 Å². The second kappa shape index (κ2) is 8.21. The minimum absolute atomic E-state index is 0.0163. The maximum Gasteiger partial charge on any atom is 0.254 e. The average molecular weight is 358 g/mol. The van der Waals surface area contributed by atoms with Crippen LogP contribution in [0.4, 0.5) is 0 Å². The SMILES string of the molecule is CCOc1ccc(C(=O)N2CC[C@@H](n3cnnc3CC)C2)cc1OCC. The molecule has 1 saturated heterocycles. The Kier molecular flexibility index (Phi) is 5.75. The van der Waals surface area contributed by atoms with Gasteiger partial charge in [-0.15, -0.1) is 10.2 Å². The highest BCUT2D eigenvalue weighted by Gasteiger charge is 2.29. The molecule has 7 nitrogen and oxygen atoms in total. The number of carbonyl (C=O) groups is 1. The molecule has 0 aliphatic carbocycles. The molecular weight excluding hydrogens is 332 g/mol. The van der Waals surface area contributed by atoms with Gasteiger partial charge in [0.1, 0.15) is 12.2 Å². The lowest BCUT2D eigenvalue weighted by atomic mass is 10.1. The van der Waals surface area contributed by atoms with Gasteiger partial charge in [-0.3, -0.25) is 4.79 Å². The van der Waals surface area contributed by atoms with Crippen LogP contribution in [0.1, 0.15) is 49.4 Å². The molecule has 3 rings (SSSR count). The van der Waals surface area contributed by atoms with Crippen LogP contribution in [0.3, 0.4) is 0 Å². The van der Waals surface area contributed by atoms with Gasteiger partial charge in [0.15, 0.2) is 11.5 Å². The molecule has 2 aromatic rings. The number of nitrogens with zero attached hydrogens (tertiary/aromatic N) is 4. The summed E-state index contributed by atoms with van der Waals surface area (Å²) in [4.78, 5) is 14.8. The molecule has 0 bridgehead atoms. The zero-order chi connectivity index (χ0) is 18.5. The van der Waals surface area contributed by atoms with Crippen LogP contribution >= 0.6 is 0 Å². The molecule has 1 aromatic carbocycles. The lowest BCUT2D eigenvalue weighted by Crippen LogP contribution is -2.29. The summed E-state index contributed by atoms with van der Waals surface area (Å²) in [6.45, 7) is 8.38. The van der Waals surface area contributed by atoms with Crippen LogP contribution in [0.2, 0.25) is 0 Å². The van der Waals surface area contributed by atoms with Crippen molar-refractivity contribution < 1.29 is 14.3 Å². The summed E-state index contributed by atoms with van der Waals surface area (Å²) < 4.78 is 13.3. The lowest BCUT2D eigenvalue weighted by Gasteiger charge is -2.19. The Hall–Kier alpha value is -2.57. The lowest BCUT2D eigenvalue weighted by molar-refractivity contribution is 0.0787. The van der Waals surface area contributed by atoms with Crippen LogP contribution in [-0.2, 0) is 6.42 Å². The van der Waals surface area contributed by atoms with Crippen molar-refractivity contribution >= 4 is 5.91 Å². The predicted octanol–water partition coefficient (Wildman–Crippen LogP) is 2.73. The van der Waals surface area contributed by atoms with Gasteiger partial charge in [-0.2, -0.15) is 0 Å². The highest BCUT2D eigenvalue weighted by atomic mass is 16.5. The number of ether oxygens (including phenoxy) is 2. The number of hydrogen-bond donors (Lipinski definition) is 0. The van der Waals surface area contributed by atoms with E-state index in [2.05, 4.69) is 21.7 Å². The molecule has 0 spiro atoms. The summed E-state index contributed by atoms with van der Waals surface area (Å²) in [5.41, 5.74) is 0.622. The summed E-state index contributed by atoms with van der Waals surface area (Å²) >= 11 is 0. The van der Waals surface area contributed by atoms with Crippen molar-refractivity contribution in [2.45, 2.75) is 39.7 Å². The van der Waals surface area contributed by atoms with Crippen molar-refractivity contribution in [1.82, 2.24) is 19.7 Å². The standard InChI is InChI=1S/C19H26N4O3/c1-4-18-21-20-13-23(18)15-9-10-22(12-15)19(24)14-7-8-16(25-5-2)17(11-14)26-6-3/h7-8,11,13,15H,4-6,9-10,12H2,1-3H3/t15-/m1/s1. The first-order valence-electron chi connectivity index (χ1n) is 9.25. The van der Waals surface area contributed by atoms with Crippen LogP contribution < -0.4 is 9.47 Å². The summed E-state index contributed by atoms with van der Waals surface area (Å²) in [6, 6.07) is 5.63. The monoisotopic (exact) mass is 358 g/mol. The molecular formula is C19H26N4O3. The van der Waals surface area contributed by atoms with E-state index in [4.69, 9.17) is 9.47 Å². The topological polar surface area (TPSA) is 69.5 Å². The van der Waals surface area contributed by atoms with Crippen LogP contribution in [0.15, 0.2) is 24.5 Å². The summed E-state index contributed by atoms with van der Waals surface area (Å²) in [5.74, 6) is 2.26. The van der Waals surface area contributed by atoms with Gasteiger partial charge in [-0.05, 0) is 38.5 Å². The summed E-state index contributed by atoms with van der Waals surface area (Å²) in [7, 11) is 0. The predicted molar refractivity (Wildman–Crippen MR) is 97.7 cm³/mol. The molecule has 1 aromatic heterocycles. The maximum absolute atomic E-state index is 12.9. The van der Waals surface area contributed by atoms with E-state index in [1.165, 1.54) is 0 Å². The molecule has 0 radical (unpaired) electrons. The zero-order valence-corrected chi connectivity index (χ0v) is 15.6. The largest absolute Gasteiger partial charge is 0.490 e. The Morgan fingerprint density at radius 3 is 2.69 bits per heavy atom. The smallest absolute Gasteiger partial charge is 0.254 e. The fourth-order valence-electron chi connectivity index (χ4n) is 3.34. The number of aromatic nitrogens is 3. The second-order valence-electron chi connectivity index (χ2n) is 6.23. The minimum atomic E-state index is 0.0163. The quantitative estimate of drug-likeness (QED) is 0.761. The van der Waals surface area contributed by atoms with Crippen molar-refractivity contribution in [2.24, 2.45) is 0 Å². The molecule has 1 amide bonds. The van der Waals surface area contributed by atoms with Gasteiger partial charge in [-0.25, -0.2) is 0 Å². The Bertz CT molecular complexity index is 759. The van der Waals surface area contributed by atoms with Gasteiger partial charge in [-0.1, -0.05) is 6.92 Å². The van der Waals surface area contributed by atoms with Crippen LogP contribution in [0.25, 0.3) is 0 Å². The van der Waals surface area contributed by atoms with Crippen LogP contribution in [0.5, 0.6) is 11.5 Å². The highest BCUT2D eigenvalue weighted by molar-refractivity contribution is 5.95. The van der Waals surface area contributed by atoms with Gasteiger partial charge in [0.2, 0.25) is 0 Å². The molecule has 1 atom stereocenters. The van der Waals surface area contributed by atoms with Gasteiger partial charge >= 0.3 is 0 Å². The van der Waals surface area contributed by atoms with Gasteiger partial charge in [0.25, 0.3) is 5.91 Å². The third-order valence-corrected chi connectivity index (χ3v) is 4.60. The highest BCUT2D eigenvalue weighted by Crippen LogP contribution is 2.30. The molecule has 2 heterocycles. The fourth-order valence-corrected chi connectivity index (χ4v) is 3.34.